The van der Waals surface area contributed by atoms with Gasteiger partial charge in [0.05, 0.1) is 23.4 Å². The van der Waals surface area contributed by atoms with E-state index < -0.39 is 0 Å². The molecule has 3 aromatic heterocycles. The number of pyridine rings is 2. The molecule has 276 valence electrons. The number of hydrogen-bond donors (Lipinski definition) is 2. The van der Waals surface area contributed by atoms with Crippen molar-refractivity contribution in [3.05, 3.63) is 75.8 Å². The van der Waals surface area contributed by atoms with Gasteiger partial charge in [0.25, 0.3) is 5.56 Å². The average molecular weight is 717 g/mol. The summed E-state index contributed by atoms with van der Waals surface area (Å²) in [6.07, 6.45) is 13.2. The number of amides is 2. The van der Waals surface area contributed by atoms with Crippen LogP contribution in [0.4, 0.5) is 23.1 Å². The first-order valence-electron chi connectivity index (χ1n) is 19.3. The smallest absolute Gasteiger partial charge is 0.263 e. The number of fused-ring (bicyclic) bond motifs is 1. The van der Waals surface area contributed by atoms with Crippen LogP contribution >= 0.6 is 0 Å². The van der Waals surface area contributed by atoms with Crippen LogP contribution in [0.3, 0.4) is 0 Å². The van der Waals surface area contributed by atoms with Gasteiger partial charge in [-0.3, -0.25) is 29.1 Å². The second-order valence-corrected chi connectivity index (χ2v) is 15.4. The van der Waals surface area contributed by atoms with E-state index in [-0.39, 0.29) is 40.7 Å². The number of carbonyl (C=O) groups is 3. The van der Waals surface area contributed by atoms with Crippen LogP contribution in [0.25, 0.3) is 11.0 Å². The summed E-state index contributed by atoms with van der Waals surface area (Å²) >= 11 is 0. The monoisotopic (exact) mass is 716 g/mol. The van der Waals surface area contributed by atoms with E-state index >= 15 is 0 Å². The molecule has 6 heterocycles. The Labute approximate surface area is 309 Å². The normalized spacial score (nSPS) is 20.6. The Morgan fingerprint density at radius 2 is 1.43 bits per heavy atom. The van der Waals surface area contributed by atoms with Crippen LogP contribution in [0.1, 0.15) is 105 Å². The van der Waals surface area contributed by atoms with Gasteiger partial charge in [0.2, 0.25) is 17.8 Å². The Hall–Kier alpha value is -5.13. The van der Waals surface area contributed by atoms with E-state index in [4.69, 9.17) is 9.97 Å². The third kappa shape index (κ3) is 7.03. The Bertz CT molecular complexity index is 2070. The van der Waals surface area contributed by atoms with Crippen molar-refractivity contribution in [2.45, 2.75) is 90.0 Å². The molecule has 3 aliphatic heterocycles. The topological polar surface area (TPSA) is 142 Å². The van der Waals surface area contributed by atoms with Crippen LogP contribution in [0.15, 0.2) is 53.6 Å². The molecular weight excluding hydrogens is 669 g/mol. The van der Waals surface area contributed by atoms with Crippen molar-refractivity contribution < 1.29 is 14.4 Å². The quantitative estimate of drug-likeness (QED) is 0.160. The molecule has 1 unspecified atom stereocenters. The summed E-state index contributed by atoms with van der Waals surface area (Å²) in [7, 11) is 0. The number of rotatable bonds is 8. The highest BCUT2D eigenvalue weighted by atomic mass is 16.2. The van der Waals surface area contributed by atoms with Crippen molar-refractivity contribution >= 4 is 51.8 Å². The number of ketones is 1. The average Bonchev–Trinajstić information content (AvgIpc) is 3.70. The van der Waals surface area contributed by atoms with E-state index in [1.54, 1.807) is 17.7 Å². The molecule has 2 N–H and O–H groups in total. The van der Waals surface area contributed by atoms with Gasteiger partial charge in [-0.15, -0.1) is 0 Å². The number of piperidine rings is 3. The lowest BCUT2D eigenvalue weighted by atomic mass is 9.78. The van der Waals surface area contributed by atoms with Gasteiger partial charge in [-0.25, -0.2) is 9.97 Å². The molecule has 3 saturated heterocycles. The zero-order valence-electron chi connectivity index (χ0n) is 30.6. The largest absolute Gasteiger partial charge is 0.372 e. The minimum absolute atomic E-state index is 0.0267. The molecular formula is C41H48N8O4. The number of imide groups is 1. The van der Waals surface area contributed by atoms with Gasteiger partial charge in [-0.2, -0.15) is 4.98 Å². The predicted octanol–water partition coefficient (Wildman–Crippen LogP) is 6.21. The summed E-state index contributed by atoms with van der Waals surface area (Å²) in [5.41, 5.74) is 4.45. The lowest BCUT2D eigenvalue weighted by molar-refractivity contribution is -0.134. The lowest BCUT2D eigenvalue weighted by Gasteiger charge is -2.41. The van der Waals surface area contributed by atoms with Crippen molar-refractivity contribution in [1.29, 1.82) is 0 Å². The minimum Gasteiger partial charge on any atom is -0.372 e. The summed E-state index contributed by atoms with van der Waals surface area (Å²) in [6.45, 7) is 7.35. The van der Waals surface area contributed by atoms with Crippen molar-refractivity contribution in [3.63, 3.8) is 0 Å². The van der Waals surface area contributed by atoms with E-state index in [2.05, 4.69) is 55.7 Å². The van der Waals surface area contributed by atoms with Gasteiger partial charge in [0, 0.05) is 55.9 Å². The van der Waals surface area contributed by atoms with Crippen LogP contribution in [0, 0.1) is 18.8 Å². The summed E-state index contributed by atoms with van der Waals surface area (Å²) < 4.78 is 1.73. The SMILES string of the molecule is CC(=O)c1c(C)c2cnc(Nc3ccc(N4CCC(C5CCN(c6ccc(C7CCC(=O)NC7=O)cc6)CC5)CC4)cn3)nc2n(C2CCCC2)c1=O. The Kier molecular flexibility index (Phi) is 9.70. The molecule has 1 aromatic carbocycles. The van der Waals surface area contributed by atoms with Crippen molar-refractivity contribution in [1.82, 2.24) is 24.8 Å². The number of benzene rings is 1. The molecule has 0 bridgehead atoms. The van der Waals surface area contributed by atoms with Crippen molar-refractivity contribution in [2.24, 2.45) is 11.8 Å². The van der Waals surface area contributed by atoms with Gasteiger partial charge in [0.1, 0.15) is 11.5 Å². The number of anilines is 4. The molecule has 1 aliphatic carbocycles. The second-order valence-electron chi connectivity index (χ2n) is 15.4. The lowest BCUT2D eigenvalue weighted by Crippen LogP contribution is -2.41. The van der Waals surface area contributed by atoms with Crippen LogP contribution in [0.5, 0.6) is 0 Å². The molecule has 0 radical (unpaired) electrons. The molecule has 2 amide bonds. The maximum atomic E-state index is 13.6. The molecule has 8 rings (SSSR count). The van der Waals surface area contributed by atoms with Crippen molar-refractivity contribution in [2.75, 3.05) is 41.3 Å². The van der Waals surface area contributed by atoms with E-state index in [1.165, 1.54) is 38.3 Å². The fourth-order valence-electron chi connectivity index (χ4n) is 9.26. The third-order valence-corrected chi connectivity index (χ3v) is 12.2. The second kappa shape index (κ2) is 14.7. The molecule has 1 atom stereocenters. The van der Waals surface area contributed by atoms with Gasteiger partial charge in [-0.1, -0.05) is 25.0 Å². The number of Topliss-reactive ketones (excluding diaryl/α,β-unsaturated/α-hetero) is 1. The fraction of sp³-hybridized carbons (Fsp3) is 0.488. The number of nitrogens with zero attached hydrogens (tertiary/aromatic N) is 6. The molecule has 0 spiro atoms. The van der Waals surface area contributed by atoms with Crippen LogP contribution in [0.2, 0.25) is 0 Å². The van der Waals surface area contributed by atoms with Crippen molar-refractivity contribution in [3.8, 4) is 0 Å². The van der Waals surface area contributed by atoms with Gasteiger partial charge in [-0.05, 0) is 106 Å². The molecule has 12 heteroatoms. The van der Waals surface area contributed by atoms with Gasteiger partial charge in [0.15, 0.2) is 5.78 Å². The number of hydrogen-bond acceptors (Lipinski definition) is 10. The Morgan fingerprint density at radius 1 is 0.792 bits per heavy atom. The molecule has 4 fully saturated rings. The number of carbonyl (C=O) groups excluding carboxylic acids is 3. The third-order valence-electron chi connectivity index (χ3n) is 12.2. The summed E-state index contributed by atoms with van der Waals surface area (Å²) in [4.78, 5) is 68.8. The maximum absolute atomic E-state index is 13.6. The first kappa shape index (κ1) is 34.9. The van der Waals surface area contributed by atoms with E-state index in [1.807, 2.05) is 12.3 Å². The van der Waals surface area contributed by atoms with E-state index in [0.717, 1.165) is 80.3 Å². The van der Waals surface area contributed by atoms with Crippen LogP contribution in [-0.4, -0.2) is 63.3 Å². The molecule has 53 heavy (non-hydrogen) atoms. The highest BCUT2D eigenvalue weighted by molar-refractivity contribution is 6.01. The number of aryl methyl sites for hydroxylation is 1. The zero-order chi connectivity index (χ0) is 36.6. The Balaban J connectivity index is 0.857. The number of nitrogens with one attached hydrogen (secondary N) is 2. The standard InChI is InChI=1S/C41H48N8O4/c1-25-34-24-43-41(46-38(34)49(31-5-3-4-6-31)40(53)37(25)26(2)50)44-35-13-11-32(23-42-35)48-21-17-28(18-22-48)27-15-19-47(20-16-27)30-9-7-29(8-10-30)33-12-14-36(51)45-39(33)52/h7-11,13,23-24,27-28,31,33H,3-6,12,14-22H2,1-2H3,(H,45,51,52)(H,42,43,44,46). The molecule has 4 aromatic rings. The highest BCUT2D eigenvalue weighted by Crippen LogP contribution is 2.36. The Morgan fingerprint density at radius 3 is 2.04 bits per heavy atom. The van der Waals surface area contributed by atoms with E-state index in [0.29, 0.717) is 35.8 Å². The number of aromatic nitrogens is 4. The fourth-order valence-corrected chi connectivity index (χ4v) is 9.26. The first-order chi connectivity index (χ1) is 25.7. The van der Waals surface area contributed by atoms with Crippen LogP contribution in [-0.2, 0) is 9.59 Å². The zero-order valence-corrected chi connectivity index (χ0v) is 30.6. The first-order valence-corrected chi connectivity index (χ1v) is 19.3. The summed E-state index contributed by atoms with van der Waals surface area (Å²) in [6, 6.07) is 12.4. The summed E-state index contributed by atoms with van der Waals surface area (Å²) in [5.74, 6) is 1.61. The van der Waals surface area contributed by atoms with Gasteiger partial charge < -0.3 is 15.1 Å². The molecule has 1 saturated carbocycles. The maximum Gasteiger partial charge on any atom is 0.263 e. The molecule has 12 nitrogen and oxygen atoms in total. The van der Waals surface area contributed by atoms with Gasteiger partial charge >= 0.3 is 0 Å². The predicted molar refractivity (Wildman–Crippen MR) is 205 cm³/mol. The molecule has 4 aliphatic rings. The highest BCUT2D eigenvalue weighted by Gasteiger charge is 2.31. The van der Waals surface area contributed by atoms with Crippen LogP contribution < -0.4 is 26.0 Å². The summed E-state index contributed by atoms with van der Waals surface area (Å²) in [5, 5.41) is 6.43. The minimum atomic E-state index is -0.258. The van der Waals surface area contributed by atoms with E-state index in [9.17, 15) is 19.2 Å².